The first-order valence-electron chi connectivity index (χ1n) is 6.97. The minimum absolute atomic E-state index is 0.0797. The number of carbonyl (C=O) groups excluding carboxylic acids is 1. The lowest BCUT2D eigenvalue weighted by molar-refractivity contribution is -0.118. The summed E-state index contributed by atoms with van der Waals surface area (Å²) >= 11 is 10.9. The van der Waals surface area contributed by atoms with E-state index in [2.05, 4.69) is 33.4 Å². The first-order chi connectivity index (χ1) is 10.6. The number of rotatable bonds is 7. The highest BCUT2D eigenvalue weighted by atomic mass is 79.9. The van der Waals surface area contributed by atoms with Crippen LogP contribution in [-0.2, 0) is 17.0 Å². The zero-order chi connectivity index (χ0) is 15.8. The second kappa shape index (κ2) is 9.23. The van der Waals surface area contributed by atoms with E-state index >= 15 is 0 Å². The van der Waals surface area contributed by atoms with Crippen molar-refractivity contribution in [2.45, 2.75) is 12.2 Å². The monoisotopic (exact) mass is 397 g/mol. The van der Waals surface area contributed by atoms with Crippen molar-refractivity contribution in [3.05, 3.63) is 69.2 Å². The summed E-state index contributed by atoms with van der Waals surface area (Å²) in [5.41, 5.74) is 2.40. The van der Waals surface area contributed by atoms with Gasteiger partial charge in [-0.05, 0) is 41.8 Å². The van der Waals surface area contributed by atoms with Crippen LogP contribution in [0.3, 0.4) is 0 Å². The van der Waals surface area contributed by atoms with Crippen molar-refractivity contribution in [1.29, 1.82) is 0 Å². The Balaban J connectivity index is 1.61. The summed E-state index contributed by atoms with van der Waals surface area (Å²) in [7, 11) is 0. The Morgan fingerprint density at radius 1 is 1.05 bits per heavy atom. The molecule has 0 fully saturated rings. The van der Waals surface area contributed by atoms with Gasteiger partial charge in [-0.1, -0.05) is 51.8 Å². The number of hydrogen-bond acceptors (Lipinski definition) is 2. The van der Waals surface area contributed by atoms with E-state index in [0.29, 0.717) is 12.3 Å². The summed E-state index contributed by atoms with van der Waals surface area (Å²) in [6.07, 6.45) is 0.820. The van der Waals surface area contributed by atoms with Gasteiger partial charge in [0.05, 0.1) is 5.75 Å². The molecule has 0 aromatic heterocycles. The van der Waals surface area contributed by atoms with Crippen molar-refractivity contribution in [3.8, 4) is 0 Å². The van der Waals surface area contributed by atoms with E-state index in [1.165, 1.54) is 11.1 Å². The van der Waals surface area contributed by atoms with E-state index in [4.69, 9.17) is 11.6 Å². The average molecular weight is 399 g/mol. The molecule has 2 rings (SSSR count). The van der Waals surface area contributed by atoms with E-state index in [0.717, 1.165) is 21.7 Å². The summed E-state index contributed by atoms with van der Waals surface area (Å²) in [5.74, 6) is 1.41. The molecule has 0 spiro atoms. The summed E-state index contributed by atoms with van der Waals surface area (Å²) < 4.78 is 1.07. The van der Waals surface area contributed by atoms with Crippen LogP contribution < -0.4 is 5.32 Å². The SMILES string of the molecule is O=C(CSCc1ccc(Br)cc1)NCCc1ccc(Cl)cc1. The molecule has 2 aromatic carbocycles. The molecule has 0 aliphatic rings. The van der Waals surface area contributed by atoms with E-state index in [9.17, 15) is 4.79 Å². The highest BCUT2D eigenvalue weighted by Crippen LogP contribution is 2.15. The second-order valence-corrected chi connectivity index (χ2v) is 7.18. The van der Waals surface area contributed by atoms with Gasteiger partial charge >= 0.3 is 0 Å². The fourth-order valence-corrected chi connectivity index (χ4v) is 3.10. The predicted octanol–water partition coefficient (Wildman–Crippen LogP) is 4.69. The van der Waals surface area contributed by atoms with Crippen molar-refractivity contribution in [2.75, 3.05) is 12.3 Å². The summed E-state index contributed by atoms with van der Waals surface area (Å²) in [6, 6.07) is 15.9. The molecular weight excluding hydrogens is 382 g/mol. The van der Waals surface area contributed by atoms with Gasteiger partial charge in [-0.3, -0.25) is 4.79 Å². The van der Waals surface area contributed by atoms with Crippen molar-refractivity contribution in [2.24, 2.45) is 0 Å². The first kappa shape index (κ1) is 17.4. The molecule has 116 valence electrons. The first-order valence-corrected chi connectivity index (χ1v) is 9.29. The summed E-state index contributed by atoms with van der Waals surface area (Å²) in [6.45, 7) is 0.652. The van der Waals surface area contributed by atoms with Crippen LogP contribution in [0.15, 0.2) is 53.0 Å². The molecule has 0 radical (unpaired) electrons. The Bertz CT molecular complexity index is 548. The fourth-order valence-electron chi connectivity index (χ4n) is 1.89. The quantitative estimate of drug-likeness (QED) is 0.733. The Hall–Kier alpha value is -0.970. The van der Waals surface area contributed by atoms with Crippen LogP contribution >= 0.6 is 39.3 Å². The largest absolute Gasteiger partial charge is 0.355 e. The van der Waals surface area contributed by atoms with Gasteiger partial charge in [-0.15, -0.1) is 11.8 Å². The molecule has 0 aliphatic heterocycles. The highest BCUT2D eigenvalue weighted by molar-refractivity contribution is 9.10. The minimum Gasteiger partial charge on any atom is -0.355 e. The number of benzene rings is 2. The molecule has 2 aromatic rings. The van der Waals surface area contributed by atoms with Crippen LogP contribution in [0.5, 0.6) is 0 Å². The zero-order valence-electron chi connectivity index (χ0n) is 12.0. The Labute approximate surface area is 148 Å². The van der Waals surface area contributed by atoms with Gasteiger partial charge in [0.15, 0.2) is 0 Å². The topological polar surface area (TPSA) is 29.1 Å². The van der Waals surface area contributed by atoms with Gasteiger partial charge in [-0.25, -0.2) is 0 Å². The normalized spacial score (nSPS) is 10.5. The molecule has 1 amide bonds. The van der Waals surface area contributed by atoms with Gasteiger partial charge in [-0.2, -0.15) is 0 Å². The number of thioether (sulfide) groups is 1. The smallest absolute Gasteiger partial charge is 0.230 e. The Morgan fingerprint density at radius 3 is 2.36 bits per heavy atom. The lowest BCUT2D eigenvalue weighted by atomic mass is 10.1. The lowest BCUT2D eigenvalue weighted by Crippen LogP contribution is -2.27. The Morgan fingerprint density at radius 2 is 1.68 bits per heavy atom. The highest BCUT2D eigenvalue weighted by Gasteiger charge is 2.02. The maximum absolute atomic E-state index is 11.8. The molecule has 1 N–H and O–H groups in total. The zero-order valence-corrected chi connectivity index (χ0v) is 15.2. The molecule has 0 aliphatic carbocycles. The van der Waals surface area contributed by atoms with Gasteiger partial charge in [0, 0.05) is 21.8 Å². The second-order valence-electron chi connectivity index (χ2n) is 4.85. The minimum atomic E-state index is 0.0797. The molecule has 0 heterocycles. The number of hydrogen-bond donors (Lipinski definition) is 1. The molecule has 0 saturated carbocycles. The average Bonchev–Trinajstić information content (AvgIpc) is 2.51. The maximum atomic E-state index is 11.8. The third kappa shape index (κ3) is 6.42. The predicted molar refractivity (Wildman–Crippen MR) is 98.5 cm³/mol. The summed E-state index contributed by atoms with van der Waals surface area (Å²) in [5, 5.41) is 3.67. The molecule has 0 unspecified atom stereocenters. The van der Waals surface area contributed by atoms with Crippen molar-refractivity contribution < 1.29 is 4.79 Å². The van der Waals surface area contributed by atoms with Crippen LogP contribution in [0.1, 0.15) is 11.1 Å². The van der Waals surface area contributed by atoms with Crippen molar-refractivity contribution >= 4 is 45.2 Å². The Kier molecular flexibility index (Phi) is 7.30. The summed E-state index contributed by atoms with van der Waals surface area (Å²) in [4.78, 5) is 11.8. The molecule has 5 heteroatoms. The molecule has 2 nitrogen and oxygen atoms in total. The van der Waals surface area contributed by atoms with Crippen LogP contribution in [0.4, 0.5) is 0 Å². The van der Waals surface area contributed by atoms with Crippen molar-refractivity contribution in [3.63, 3.8) is 0 Å². The molecule has 0 bridgehead atoms. The molecule has 0 atom stereocenters. The molecule has 22 heavy (non-hydrogen) atoms. The van der Waals surface area contributed by atoms with E-state index < -0.39 is 0 Å². The maximum Gasteiger partial charge on any atom is 0.230 e. The fraction of sp³-hybridized carbons (Fsp3) is 0.235. The number of halogens is 2. The number of nitrogens with one attached hydrogen (secondary N) is 1. The third-order valence-corrected chi connectivity index (χ3v) is 4.85. The van der Waals surface area contributed by atoms with Crippen LogP contribution in [0.2, 0.25) is 5.02 Å². The van der Waals surface area contributed by atoms with E-state index in [-0.39, 0.29) is 5.91 Å². The lowest BCUT2D eigenvalue weighted by Gasteiger charge is -2.06. The van der Waals surface area contributed by atoms with Gasteiger partial charge in [0.1, 0.15) is 0 Å². The number of carbonyl (C=O) groups is 1. The standard InChI is InChI=1S/C17H17BrClNOS/c18-15-5-1-14(2-6-15)11-22-12-17(21)20-10-9-13-3-7-16(19)8-4-13/h1-8H,9-12H2,(H,20,21). The third-order valence-electron chi connectivity index (χ3n) is 3.06. The van der Waals surface area contributed by atoms with Crippen LogP contribution in [0, 0.1) is 0 Å². The van der Waals surface area contributed by atoms with E-state index in [1.807, 2.05) is 36.4 Å². The van der Waals surface area contributed by atoms with Crippen LogP contribution in [-0.4, -0.2) is 18.2 Å². The molecular formula is C17H17BrClNOS. The van der Waals surface area contributed by atoms with Gasteiger partial charge in [0.2, 0.25) is 5.91 Å². The van der Waals surface area contributed by atoms with E-state index in [1.54, 1.807) is 11.8 Å². The molecule has 0 saturated heterocycles. The van der Waals surface area contributed by atoms with Gasteiger partial charge in [0.25, 0.3) is 0 Å². The van der Waals surface area contributed by atoms with Crippen LogP contribution in [0.25, 0.3) is 0 Å². The van der Waals surface area contributed by atoms with Crippen molar-refractivity contribution in [1.82, 2.24) is 5.32 Å². The number of amides is 1. The van der Waals surface area contributed by atoms with Gasteiger partial charge < -0.3 is 5.32 Å².